The average molecular weight is 188 g/mol. The Morgan fingerprint density at radius 1 is 1.00 bits per heavy atom. The third kappa shape index (κ3) is 1.55. The van der Waals surface area contributed by atoms with Crippen molar-refractivity contribution < 1.29 is 0 Å². The maximum absolute atomic E-state index is 9.37. The molecular weight excluding hydrogens is 172 g/mol. The van der Waals surface area contributed by atoms with E-state index in [0.29, 0.717) is 0 Å². The standard InChI is InChI=1S/C12H16N2/c13-11-12(14-9-5-6-10-14)7-3-1-2-4-8-12/h5-6,9-10H,1-4,7-8H2. The largest absolute Gasteiger partial charge is 0.335 e. The van der Waals surface area contributed by atoms with Gasteiger partial charge in [-0.1, -0.05) is 25.7 Å². The lowest BCUT2D eigenvalue weighted by Gasteiger charge is -2.26. The number of aromatic nitrogens is 1. The summed E-state index contributed by atoms with van der Waals surface area (Å²) in [5, 5.41) is 9.37. The van der Waals surface area contributed by atoms with Crippen LogP contribution < -0.4 is 0 Å². The summed E-state index contributed by atoms with van der Waals surface area (Å²) in [6.45, 7) is 0. The van der Waals surface area contributed by atoms with Crippen molar-refractivity contribution >= 4 is 0 Å². The molecule has 1 saturated carbocycles. The molecule has 2 nitrogen and oxygen atoms in total. The SMILES string of the molecule is N#CC1(n2cccc2)CCCCCC1. The Balaban J connectivity index is 2.29. The maximum atomic E-state index is 9.37. The minimum atomic E-state index is -0.250. The minimum absolute atomic E-state index is 0.250. The van der Waals surface area contributed by atoms with E-state index in [1.807, 2.05) is 24.5 Å². The van der Waals surface area contributed by atoms with Crippen LogP contribution in [0.3, 0.4) is 0 Å². The lowest BCUT2D eigenvalue weighted by Crippen LogP contribution is -2.30. The average Bonchev–Trinajstić information content (AvgIpc) is 2.64. The molecule has 0 atom stereocenters. The lowest BCUT2D eigenvalue weighted by molar-refractivity contribution is 0.335. The molecule has 14 heavy (non-hydrogen) atoms. The van der Waals surface area contributed by atoms with Gasteiger partial charge in [0.15, 0.2) is 0 Å². The summed E-state index contributed by atoms with van der Waals surface area (Å²) in [7, 11) is 0. The molecule has 0 aliphatic heterocycles. The van der Waals surface area contributed by atoms with Crippen molar-refractivity contribution in [3.8, 4) is 6.07 Å². The van der Waals surface area contributed by atoms with Crippen LogP contribution >= 0.6 is 0 Å². The lowest BCUT2D eigenvalue weighted by atomic mass is 9.92. The first-order valence-electron chi connectivity index (χ1n) is 5.42. The maximum Gasteiger partial charge on any atom is 0.131 e. The van der Waals surface area contributed by atoms with Crippen LogP contribution in [0.1, 0.15) is 38.5 Å². The molecule has 74 valence electrons. The Morgan fingerprint density at radius 2 is 1.57 bits per heavy atom. The van der Waals surface area contributed by atoms with Crippen molar-refractivity contribution in [2.75, 3.05) is 0 Å². The molecule has 2 heteroatoms. The Hall–Kier alpha value is -1.23. The molecule has 0 amide bonds. The second-order valence-electron chi connectivity index (χ2n) is 4.15. The second-order valence-corrected chi connectivity index (χ2v) is 4.15. The van der Waals surface area contributed by atoms with Gasteiger partial charge >= 0.3 is 0 Å². The molecule has 0 saturated heterocycles. The first kappa shape index (κ1) is 9.33. The van der Waals surface area contributed by atoms with Crippen LogP contribution in [0.2, 0.25) is 0 Å². The van der Waals surface area contributed by atoms with E-state index < -0.39 is 0 Å². The number of nitriles is 1. The molecule has 0 aromatic carbocycles. The van der Waals surface area contributed by atoms with Crippen molar-refractivity contribution in [2.24, 2.45) is 0 Å². The Morgan fingerprint density at radius 3 is 2.07 bits per heavy atom. The van der Waals surface area contributed by atoms with E-state index in [1.54, 1.807) is 0 Å². The summed E-state index contributed by atoms with van der Waals surface area (Å²) in [6.07, 6.45) is 11.0. The van der Waals surface area contributed by atoms with Gasteiger partial charge in [-0.05, 0) is 25.0 Å². The molecule has 1 fully saturated rings. The summed E-state index contributed by atoms with van der Waals surface area (Å²) >= 11 is 0. The van der Waals surface area contributed by atoms with Crippen molar-refractivity contribution in [3.63, 3.8) is 0 Å². The molecule has 0 radical (unpaired) electrons. The molecule has 0 N–H and O–H groups in total. The molecule has 0 bridgehead atoms. The fourth-order valence-electron chi connectivity index (χ4n) is 2.36. The van der Waals surface area contributed by atoms with Crippen LogP contribution in [0.15, 0.2) is 24.5 Å². The summed E-state index contributed by atoms with van der Waals surface area (Å²) < 4.78 is 2.10. The predicted molar refractivity (Wildman–Crippen MR) is 55.7 cm³/mol. The fraction of sp³-hybridized carbons (Fsp3) is 0.583. The fourth-order valence-corrected chi connectivity index (χ4v) is 2.36. The normalized spacial score (nSPS) is 21.1. The van der Waals surface area contributed by atoms with Crippen LogP contribution in [0.5, 0.6) is 0 Å². The van der Waals surface area contributed by atoms with E-state index in [4.69, 9.17) is 0 Å². The van der Waals surface area contributed by atoms with E-state index in [1.165, 1.54) is 25.7 Å². The zero-order valence-electron chi connectivity index (χ0n) is 8.45. The van der Waals surface area contributed by atoms with Crippen molar-refractivity contribution in [3.05, 3.63) is 24.5 Å². The first-order valence-corrected chi connectivity index (χ1v) is 5.42. The van der Waals surface area contributed by atoms with E-state index >= 15 is 0 Å². The van der Waals surface area contributed by atoms with Crippen LogP contribution in [-0.2, 0) is 5.54 Å². The van der Waals surface area contributed by atoms with Gasteiger partial charge in [0.05, 0.1) is 6.07 Å². The van der Waals surface area contributed by atoms with Crippen molar-refractivity contribution in [1.29, 1.82) is 5.26 Å². The molecule has 1 aromatic rings. The van der Waals surface area contributed by atoms with E-state index in [2.05, 4.69) is 10.6 Å². The molecule has 0 spiro atoms. The summed E-state index contributed by atoms with van der Waals surface area (Å²) in [5.74, 6) is 0. The Labute approximate surface area is 85.2 Å². The summed E-state index contributed by atoms with van der Waals surface area (Å²) in [5.41, 5.74) is -0.250. The number of hydrogen-bond acceptors (Lipinski definition) is 1. The summed E-state index contributed by atoms with van der Waals surface area (Å²) in [4.78, 5) is 0. The van der Waals surface area contributed by atoms with E-state index in [9.17, 15) is 5.26 Å². The predicted octanol–water partition coefficient (Wildman–Crippen LogP) is 3.06. The third-order valence-corrected chi connectivity index (χ3v) is 3.24. The first-order chi connectivity index (χ1) is 6.87. The monoisotopic (exact) mass is 188 g/mol. The highest BCUT2D eigenvalue weighted by Gasteiger charge is 2.31. The molecule has 1 aliphatic carbocycles. The highest BCUT2D eigenvalue weighted by molar-refractivity contribution is 5.09. The quantitative estimate of drug-likeness (QED) is 0.623. The molecule has 1 aromatic heterocycles. The molecule has 0 unspecified atom stereocenters. The Kier molecular flexibility index (Phi) is 2.58. The molecule has 1 heterocycles. The van der Waals surface area contributed by atoms with Crippen LogP contribution in [0.25, 0.3) is 0 Å². The van der Waals surface area contributed by atoms with Gasteiger partial charge in [-0.2, -0.15) is 5.26 Å². The van der Waals surface area contributed by atoms with Crippen LogP contribution in [-0.4, -0.2) is 4.57 Å². The molecule has 2 rings (SSSR count). The second kappa shape index (κ2) is 3.88. The van der Waals surface area contributed by atoms with Gasteiger partial charge in [-0.15, -0.1) is 0 Å². The topological polar surface area (TPSA) is 28.7 Å². The van der Waals surface area contributed by atoms with Crippen LogP contribution in [0.4, 0.5) is 0 Å². The summed E-state index contributed by atoms with van der Waals surface area (Å²) in [6, 6.07) is 6.53. The Bertz CT molecular complexity index is 311. The van der Waals surface area contributed by atoms with Gasteiger partial charge in [0.25, 0.3) is 0 Å². The zero-order chi connectivity index (χ0) is 9.86. The highest BCUT2D eigenvalue weighted by Crippen LogP contribution is 2.33. The van der Waals surface area contributed by atoms with Crippen molar-refractivity contribution in [2.45, 2.75) is 44.1 Å². The van der Waals surface area contributed by atoms with Gasteiger partial charge in [0.1, 0.15) is 5.54 Å². The van der Waals surface area contributed by atoms with Gasteiger partial charge in [-0.3, -0.25) is 0 Å². The number of hydrogen-bond donors (Lipinski definition) is 0. The van der Waals surface area contributed by atoms with Gasteiger partial charge in [-0.25, -0.2) is 0 Å². The number of rotatable bonds is 1. The number of nitrogens with zero attached hydrogens (tertiary/aromatic N) is 2. The molecular formula is C12H16N2. The van der Waals surface area contributed by atoms with Crippen LogP contribution in [0, 0.1) is 11.3 Å². The smallest absolute Gasteiger partial charge is 0.131 e. The van der Waals surface area contributed by atoms with Gasteiger partial charge < -0.3 is 4.57 Å². The van der Waals surface area contributed by atoms with Gasteiger partial charge in [0, 0.05) is 12.4 Å². The van der Waals surface area contributed by atoms with Crippen molar-refractivity contribution in [1.82, 2.24) is 4.57 Å². The van der Waals surface area contributed by atoms with E-state index in [0.717, 1.165) is 12.8 Å². The van der Waals surface area contributed by atoms with E-state index in [-0.39, 0.29) is 5.54 Å². The zero-order valence-corrected chi connectivity index (χ0v) is 8.45. The highest BCUT2D eigenvalue weighted by atomic mass is 15.0. The third-order valence-electron chi connectivity index (χ3n) is 3.24. The minimum Gasteiger partial charge on any atom is -0.335 e. The molecule has 1 aliphatic rings. The van der Waals surface area contributed by atoms with Gasteiger partial charge in [0.2, 0.25) is 0 Å².